The minimum absolute atomic E-state index is 0.00333. The van der Waals surface area contributed by atoms with Crippen molar-refractivity contribution in [1.82, 2.24) is 25.2 Å². The second-order valence-electron chi connectivity index (χ2n) is 15.4. The molecule has 3 N–H and O–H groups in total. The number of thioether (sulfide) groups is 1. The van der Waals surface area contributed by atoms with Crippen LogP contribution in [0.5, 0.6) is 11.6 Å². The number of sulfonamides is 1. The quantitative estimate of drug-likeness (QED) is 0.195. The number of carbonyl (C=O) groups is 4. The lowest BCUT2D eigenvalue weighted by molar-refractivity contribution is -0.143. The Morgan fingerprint density at radius 1 is 1.08 bits per heavy atom. The smallest absolute Gasteiger partial charge is 0.408 e. The first-order chi connectivity index (χ1) is 24.1. The van der Waals surface area contributed by atoms with Crippen molar-refractivity contribution < 1.29 is 41.8 Å². The summed E-state index contributed by atoms with van der Waals surface area (Å²) >= 11 is 1.51. The highest BCUT2D eigenvalue weighted by atomic mass is 32.2. The van der Waals surface area contributed by atoms with E-state index >= 15 is 0 Å². The van der Waals surface area contributed by atoms with Crippen LogP contribution in [0.4, 0.5) is 4.79 Å². The Bertz CT molecular complexity index is 1820. The maximum Gasteiger partial charge on any atom is 0.408 e. The highest BCUT2D eigenvalue weighted by molar-refractivity contribution is 7.99. The molecule has 2 aliphatic rings. The molecule has 4 amide bonds. The molecule has 1 aliphatic heterocycles. The SMILES string of the molecule is C=CCC(C)(NC(=O)C1CC(Oc2nccc3c(SC)c(OC)ccc23)CN1C(=O)C(NC(=O)OC(C)(C)C)C(C)(C)C)C(=O)NS(=O)(=O)C1CC1. The summed E-state index contributed by atoms with van der Waals surface area (Å²) in [5.41, 5.74) is -3.39. The van der Waals surface area contributed by atoms with Gasteiger partial charge in [0.2, 0.25) is 27.7 Å². The zero-order valence-electron chi connectivity index (χ0n) is 31.3. The number of nitrogens with zero attached hydrogens (tertiary/aromatic N) is 2. The first-order valence-electron chi connectivity index (χ1n) is 17.1. The molecule has 4 atom stereocenters. The number of pyridine rings is 1. The Labute approximate surface area is 310 Å². The van der Waals surface area contributed by atoms with E-state index in [0.717, 1.165) is 10.3 Å². The van der Waals surface area contributed by atoms with Crippen molar-refractivity contribution in [1.29, 1.82) is 0 Å². The molecule has 1 aromatic carbocycles. The first-order valence-corrected chi connectivity index (χ1v) is 19.9. The average molecular weight is 762 g/mol. The van der Waals surface area contributed by atoms with Crippen LogP contribution in [-0.4, -0.2) is 96.6 Å². The van der Waals surface area contributed by atoms with Gasteiger partial charge in [0.15, 0.2) is 0 Å². The monoisotopic (exact) mass is 761 g/mol. The Hall–Kier alpha value is -4.05. The number of carbonyl (C=O) groups excluding carboxylic acids is 4. The molecule has 52 heavy (non-hydrogen) atoms. The third-order valence-corrected chi connectivity index (χ3v) is 11.4. The summed E-state index contributed by atoms with van der Waals surface area (Å²) < 4.78 is 44.9. The number of hydrogen-bond acceptors (Lipinski definition) is 11. The number of alkyl carbamates (subject to hydrolysis) is 1. The standard InChI is InChI=1S/C36H51N5O9S2/c1-11-17-36(8,32(44)40-52(46,47)22-12-13-22)39-29(42)25-19-21(49-30-24-14-15-26(48-9)27(51-10)23(24)16-18-37-30)20-41(25)31(43)28(34(2,3)4)38-33(45)50-35(5,6)7/h11,14-16,18,21-22,25,28H,1,12-13,17,19-20H2,2-10H3,(H,38,45)(H,39,42)(H,40,44). The minimum atomic E-state index is -3.93. The molecule has 1 aromatic heterocycles. The van der Waals surface area contributed by atoms with E-state index in [2.05, 4.69) is 26.9 Å². The number of ether oxygens (including phenoxy) is 3. The molecule has 0 radical (unpaired) electrons. The van der Waals surface area contributed by atoms with Gasteiger partial charge >= 0.3 is 6.09 Å². The van der Waals surface area contributed by atoms with Gasteiger partial charge in [-0.05, 0) is 76.8 Å². The lowest BCUT2D eigenvalue weighted by Crippen LogP contribution is -2.62. The fourth-order valence-electron chi connectivity index (χ4n) is 5.97. The molecular formula is C36H51N5O9S2. The zero-order chi connectivity index (χ0) is 38.8. The number of likely N-dealkylation sites (tertiary alicyclic amines) is 1. The van der Waals surface area contributed by atoms with Crippen LogP contribution in [0.2, 0.25) is 0 Å². The van der Waals surface area contributed by atoms with Crippen LogP contribution in [-0.2, 0) is 29.1 Å². The molecule has 2 aromatic rings. The third kappa shape index (κ3) is 9.48. The van der Waals surface area contributed by atoms with Gasteiger partial charge in [0, 0.05) is 23.4 Å². The van der Waals surface area contributed by atoms with Crippen LogP contribution in [0.25, 0.3) is 10.8 Å². The van der Waals surface area contributed by atoms with Crippen molar-refractivity contribution in [3.63, 3.8) is 0 Å². The number of methoxy groups -OCH3 is 1. The van der Waals surface area contributed by atoms with E-state index in [1.165, 1.54) is 29.7 Å². The Morgan fingerprint density at radius 2 is 1.75 bits per heavy atom. The summed E-state index contributed by atoms with van der Waals surface area (Å²) in [6.07, 6.45) is 4.17. The van der Waals surface area contributed by atoms with Gasteiger partial charge in [-0.3, -0.25) is 19.1 Å². The predicted octanol–water partition coefficient (Wildman–Crippen LogP) is 4.31. The molecule has 0 spiro atoms. The first kappa shape index (κ1) is 40.7. The molecule has 1 aliphatic carbocycles. The average Bonchev–Trinajstić information content (AvgIpc) is 3.82. The van der Waals surface area contributed by atoms with Crippen molar-refractivity contribution in [3.05, 3.63) is 37.1 Å². The summed E-state index contributed by atoms with van der Waals surface area (Å²) in [4.78, 5) is 61.8. The molecule has 1 saturated heterocycles. The van der Waals surface area contributed by atoms with Crippen LogP contribution in [0.15, 0.2) is 41.9 Å². The lowest BCUT2D eigenvalue weighted by Gasteiger charge is -2.36. The number of benzene rings is 1. The Morgan fingerprint density at radius 3 is 2.31 bits per heavy atom. The fourth-order valence-corrected chi connectivity index (χ4v) is 8.12. The molecule has 2 fully saturated rings. The van der Waals surface area contributed by atoms with Gasteiger partial charge in [0.05, 0.1) is 23.8 Å². The van der Waals surface area contributed by atoms with Crippen molar-refractivity contribution in [3.8, 4) is 11.6 Å². The van der Waals surface area contributed by atoms with E-state index in [9.17, 15) is 27.6 Å². The topological polar surface area (TPSA) is 182 Å². The summed E-state index contributed by atoms with van der Waals surface area (Å²) in [5, 5.41) is 6.29. The highest BCUT2D eigenvalue weighted by Crippen LogP contribution is 2.39. The lowest BCUT2D eigenvalue weighted by atomic mass is 9.85. The predicted molar refractivity (Wildman–Crippen MR) is 199 cm³/mol. The van der Waals surface area contributed by atoms with Crippen LogP contribution < -0.4 is 24.8 Å². The summed E-state index contributed by atoms with van der Waals surface area (Å²) in [6.45, 7) is 15.5. The Balaban J connectivity index is 1.70. The maximum atomic E-state index is 14.5. The van der Waals surface area contributed by atoms with Crippen LogP contribution in [0, 0.1) is 5.41 Å². The van der Waals surface area contributed by atoms with Crippen LogP contribution >= 0.6 is 11.8 Å². The largest absolute Gasteiger partial charge is 0.496 e. The van der Waals surface area contributed by atoms with E-state index < -0.39 is 73.8 Å². The zero-order valence-corrected chi connectivity index (χ0v) is 33.0. The van der Waals surface area contributed by atoms with E-state index in [1.54, 1.807) is 54.8 Å². The van der Waals surface area contributed by atoms with E-state index in [-0.39, 0.29) is 25.3 Å². The van der Waals surface area contributed by atoms with Gasteiger partial charge in [-0.1, -0.05) is 26.8 Å². The van der Waals surface area contributed by atoms with E-state index in [1.807, 2.05) is 24.5 Å². The maximum absolute atomic E-state index is 14.5. The number of rotatable bonds is 13. The van der Waals surface area contributed by atoms with Gasteiger partial charge in [-0.25, -0.2) is 18.2 Å². The van der Waals surface area contributed by atoms with Crippen LogP contribution in [0.3, 0.4) is 0 Å². The molecule has 4 rings (SSSR count). The second-order valence-corrected chi connectivity index (χ2v) is 18.2. The molecule has 286 valence electrons. The normalized spacial score (nSPS) is 19.6. The van der Waals surface area contributed by atoms with Crippen molar-refractivity contribution in [2.24, 2.45) is 5.41 Å². The number of aromatic nitrogens is 1. The van der Waals surface area contributed by atoms with Gasteiger partial charge < -0.3 is 29.7 Å². The minimum Gasteiger partial charge on any atom is -0.496 e. The van der Waals surface area contributed by atoms with Crippen LogP contribution in [0.1, 0.15) is 74.1 Å². The number of fused-ring (bicyclic) bond motifs is 1. The molecule has 0 bridgehead atoms. The van der Waals surface area contributed by atoms with Crippen molar-refractivity contribution in [2.45, 2.75) is 114 Å². The number of nitrogens with one attached hydrogen (secondary N) is 3. The van der Waals surface area contributed by atoms with E-state index in [0.29, 0.717) is 24.0 Å². The molecule has 1 saturated carbocycles. The molecular weight excluding hydrogens is 711 g/mol. The molecule has 14 nitrogen and oxygen atoms in total. The number of hydrogen-bond donors (Lipinski definition) is 3. The van der Waals surface area contributed by atoms with Gasteiger partial charge in [0.25, 0.3) is 5.91 Å². The summed E-state index contributed by atoms with van der Waals surface area (Å²) in [5.74, 6) is -1.23. The summed E-state index contributed by atoms with van der Waals surface area (Å²) in [6, 6.07) is 3.18. The second kappa shape index (κ2) is 15.5. The van der Waals surface area contributed by atoms with Gasteiger partial charge in [-0.2, -0.15) is 0 Å². The van der Waals surface area contributed by atoms with Crippen molar-refractivity contribution in [2.75, 3.05) is 19.9 Å². The third-order valence-electron chi connectivity index (χ3n) is 8.80. The van der Waals surface area contributed by atoms with Gasteiger partial charge in [0.1, 0.15) is 35.1 Å². The molecule has 2 heterocycles. The molecule has 16 heteroatoms. The molecule has 4 unspecified atom stereocenters. The summed E-state index contributed by atoms with van der Waals surface area (Å²) in [7, 11) is -2.34. The number of amides is 4. The Kier molecular flexibility index (Phi) is 12.1. The van der Waals surface area contributed by atoms with Crippen molar-refractivity contribution >= 4 is 56.4 Å². The fraction of sp³-hybridized carbons (Fsp3) is 0.583. The van der Waals surface area contributed by atoms with Gasteiger partial charge in [-0.15, -0.1) is 18.3 Å². The highest BCUT2D eigenvalue weighted by Gasteiger charge is 2.49. The van der Waals surface area contributed by atoms with E-state index in [4.69, 9.17) is 14.2 Å².